The predicted molar refractivity (Wildman–Crippen MR) is 62.2 cm³/mol. The summed E-state index contributed by atoms with van der Waals surface area (Å²) >= 11 is 0. The minimum atomic E-state index is -4.75. The van der Waals surface area contributed by atoms with Gasteiger partial charge < -0.3 is 0 Å². The van der Waals surface area contributed by atoms with E-state index in [-0.39, 0.29) is 16.7 Å². The minimum absolute atomic E-state index is 0.182. The maximum atomic E-state index is 13.9. The Kier molecular flexibility index (Phi) is 3.38. The molecule has 5 heteroatoms. The molecule has 0 amide bonds. The van der Waals surface area contributed by atoms with Gasteiger partial charge in [0.2, 0.25) is 0 Å². The molecule has 2 rings (SSSR count). The van der Waals surface area contributed by atoms with Crippen LogP contribution in [-0.4, -0.2) is 6.29 Å². The van der Waals surface area contributed by atoms with Crippen molar-refractivity contribution in [3.63, 3.8) is 0 Å². The topological polar surface area (TPSA) is 17.1 Å². The van der Waals surface area contributed by atoms with Crippen molar-refractivity contribution in [1.29, 1.82) is 0 Å². The standard InChI is InChI=1S/C14H8F4O/c15-13-11(5-2-6-12(13)14(16,17)18)10-4-1-3-9(7-10)8-19/h1-8H. The minimum Gasteiger partial charge on any atom is -0.298 e. The summed E-state index contributed by atoms with van der Waals surface area (Å²) in [6.45, 7) is 0. The van der Waals surface area contributed by atoms with Crippen LogP contribution in [0.15, 0.2) is 42.5 Å². The number of carbonyl (C=O) groups is 1. The summed E-state index contributed by atoms with van der Waals surface area (Å²) in [5.74, 6) is -1.34. The van der Waals surface area contributed by atoms with Gasteiger partial charge in [0.05, 0.1) is 5.56 Å². The molecule has 0 N–H and O–H groups in total. The van der Waals surface area contributed by atoms with Gasteiger partial charge in [-0.2, -0.15) is 13.2 Å². The first-order valence-electron chi connectivity index (χ1n) is 5.35. The van der Waals surface area contributed by atoms with E-state index in [4.69, 9.17) is 0 Å². The van der Waals surface area contributed by atoms with Crippen LogP contribution in [0.5, 0.6) is 0 Å². The zero-order chi connectivity index (χ0) is 14.0. The number of hydrogen-bond donors (Lipinski definition) is 0. The van der Waals surface area contributed by atoms with Crippen LogP contribution in [0, 0.1) is 5.82 Å². The number of benzene rings is 2. The van der Waals surface area contributed by atoms with Crippen LogP contribution in [0.4, 0.5) is 17.6 Å². The van der Waals surface area contributed by atoms with Crippen LogP contribution in [0.2, 0.25) is 0 Å². The number of alkyl halides is 3. The van der Waals surface area contributed by atoms with Crippen molar-refractivity contribution in [2.75, 3.05) is 0 Å². The lowest BCUT2D eigenvalue weighted by atomic mass is 10.0. The van der Waals surface area contributed by atoms with E-state index in [2.05, 4.69) is 0 Å². The molecule has 0 saturated carbocycles. The van der Waals surface area contributed by atoms with E-state index in [1.807, 2.05) is 0 Å². The van der Waals surface area contributed by atoms with Gasteiger partial charge in [-0.15, -0.1) is 0 Å². The average Bonchev–Trinajstić information content (AvgIpc) is 2.37. The molecule has 0 atom stereocenters. The Morgan fingerprint density at radius 1 is 1.00 bits per heavy atom. The third-order valence-corrected chi connectivity index (χ3v) is 2.64. The smallest absolute Gasteiger partial charge is 0.298 e. The molecule has 2 aromatic carbocycles. The van der Waals surface area contributed by atoms with Crippen molar-refractivity contribution in [2.45, 2.75) is 6.18 Å². The van der Waals surface area contributed by atoms with Crippen molar-refractivity contribution >= 4 is 6.29 Å². The molecule has 0 aliphatic rings. The van der Waals surface area contributed by atoms with Gasteiger partial charge in [0, 0.05) is 11.1 Å². The molecule has 0 aliphatic carbocycles. The van der Waals surface area contributed by atoms with Gasteiger partial charge in [0.25, 0.3) is 0 Å². The molecule has 0 spiro atoms. The molecule has 0 saturated heterocycles. The van der Waals surface area contributed by atoms with Crippen LogP contribution in [-0.2, 0) is 6.18 Å². The van der Waals surface area contributed by atoms with Crippen LogP contribution >= 0.6 is 0 Å². The first-order chi connectivity index (χ1) is 8.93. The van der Waals surface area contributed by atoms with E-state index >= 15 is 0 Å². The highest BCUT2D eigenvalue weighted by Gasteiger charge is 2.34. The molecule has 2 aromatic rings. The number of halogens is 4. The summed E-state index contributed by atoms with van der Waals surface area (Å²) in [6, 6.07) is 8.82. The second-order valence-corrected chi connectivity index (χ2v) is 3.91. The maximum absolute atomic E-state index is 13.9. The number of hydrogen-bond acceptors (Lipinski definition) is 1. The Hall–Kier alpha value is -2.17. The van der Waals surface area contributed by atoms with Crippen LogP contribution in [0.1, 0.15) is 15.9 Å². The molecular weight excluding hydrogens is 260 g/mol. The number of aldehydes is 1. The fourth-order valence-corrected chi connectivity index (χ4v) is 1.75. The second-order valence-electron chi connectivity index (χ2n) is 3.91. The van der Waals surface area contributed by atoms with Crippen LogP contribution < -0.4 is 0 Å². The fourth-order valence-electron chi connectivity index (χ4n) is 1.75. The van der Waals surface area contributed by atoms with Gasteiger partial charge in [-0.3, -0.25) is 4.79 Å². The van der Waals surface area contributed by atoms with E-state index in [1.165, 1.54) is 30.3 Å². The molecule has 1 nitrogen and oxygen atoms in total. The van der Waals surface area contributed by atoms with Crippen molar-refractivity contribution < 1.29 is 22.4 Å². The van der Waals surface area contributed by atoms with Gasteiger partial charge in [-0.25, -0.2) is 4.39 Å². The SMILES string of the molecule is O=Cc1cccc(-c2cccc(C(F)(F)F)c2F)c1. The Morgan fingerprint density at radius 3 is 2.32 bits per heavy atom. The zero-order valence-corrected chi connectivity index (χ0v) is 9.54. The molecule has 98 valence electrons. The van der Waals surface area contributed by atoms with E-state index < -0.39 is 17.6 Å². The van der Waals surface area contributed by atoms with Gasteiger partial charge in [0.1, 0.15) is 12.1 Å². The largest absolute Gasteiger partial charge is 0.419 e. The molecule has 19 heavy (non-hydrogen) atoms. The van der Waals surface area contributed by atoms with Crippen LogP contribution in [0.3, 0.4) is 0 Å². The summed E-state index contributed by atoms with van der Waals surface area (Å²) in [5.41, 5.74) is -0.998. The Labute approximate surface area is 106 Å². The van der Waals surface area contributed by atoms with E-state index in [1.54, 1.807) is 0 Å². The third kappa shape index (κ3) is 2.65. The van der Waals surface area contributed by atoms with Gasteiger partial charge in [-0.1, -0.05) is 30.3 Å². The second kappa shape index (κ2) is 4.84. The van der Waals surface area contributed by atoms with E-state index in [0.717, 1.165) is 6.07 Å². The van der Waals surface area contributed by atoms with Gasteiger partial charge in [-0.05, 0) is 17.7 Å². The molecule has 0 aromatic heterocycles. The Morgan fingerprint density at radius 2 is 1.68 bits per heavy atom. The zero-order valence-electron chi connectivity index (χ0n) is 9.54. The maximum Gasteiger partial charge on any atom is 0.419 e. The fraction of sp³-hybridized carbons (Fsp3) is 0.0714. The molecule has 0 heterocycles. The van der Waals surface area contributed by atoms with Crippen molar-refractivity contribution in [1.82, 2.24) is 0 Å². The number of rotatable bonds is 2. The summed E-state index contributed by atoms with van der Waals surface area (Å²) in [6.07, 6.45) is -4.20. The molecule has 0 radical (unpaired) electrons. The Balaban J connectivity index is 2.60. The molecular formula is C14H8F4O. The highest BCUT2D eigenvalue weighted by atomic mass is 19.4. The van der Waals surface area contributed by atoms with Gasteiger partial charge >= 0.3 is 6.18 Å². The summed E-state index contributed by atoms with van der Waals surface area (Å²) in [5, 5.41) is 0. The monoisotopic (exact) mass is 268 g/mol. The summed E-state index contributed by atoms with van der Waals surface area (Å²) < 4.78 is 51.7. The first-order valence-corrected chi connectivity index (χ1v) is 5.35. The molecule has 0 bridgehead atoms. The highest BCUT2D eigenvalue weighted by Crippen LogP contribution is 2.35. The third-order valence-electron chi connectivity index (χ3n) is 2.64. The number of carbonyl (C=O) groups excluding carboxylic acids is 1. The van der Waals surface area contributed by atoms with E-state index in [9.17, 15) is 22.4 Å². The molecule has 0 aliphatic heterocycles. The lowest BCUT2D eigenvalue weighted by molar-refractivity contribution is -0.139. The molecule has 0 unspecified atom stereocenters. The Bertz CT molecular complexity index is 617. The van der Waals surface area contributed by atoms with Crippen molar-refractivity contribution in [3.05, 3.63) is 59.4 Å². The van der Waals surface area contributed by atoms with Crippen molar-refractivity contribution in [2.24, 2.45) is 0 Å². The quantitative estimate of drug-likeness (QED) is 0.585. The average molecular weight is 268 g/mol. The molecule has 0 fully saturated rings. The predicted octanol–water partition coefficient (Wildman–Crippen LogP) is 4.32. The first kappa shape index (κ1) is 13.3. The lowest BCUT2D eigenvalue weighted by Gasteiger charge is -2.11. The van der Waals surface area contributed by atoms with Gasteiger partial charge in [0.15, 0.2) is 0 Å². The summed E-state index contributed by atoms with van der Waals surface area (Å²) in [4.78, 5) is 10.6. The van der Waals surface area contributed by atoms with E-state index in [0.29, 0.717) is 12.4 Å². The van der Waals surface area contributed by atoms with Crippen LogP contribution in [0.25, 0.3) is 11.1 Å². The normalized spacial score (nSPS) is 11.4. The highest BCUT2D eigenvalue weighted by molar-refractivity contribution is 5.79. The summed E-state index contributed by atoms with van der Waals surface area (Å²) in [7, 11) is 0. The lowest BCUT2D eigenvalue weighted by Crippen LogP contribution is -2.08. The van der Waals surface area contributed by atoms with Crippen molar-refractivity contribution in [3.8, 4) is 11.1 Å².